The number of rotatable bonds is 6. The second kappa shape index (κ2) is 11.5. The lowest BCUT2D eigenvalue weighted by Crippen LogP contribution is -2.46. The summed E-state index contributed by atoms with van der Waals surface area (Å²) >= 11 is 0. The number of benzene rings is 2. The number of carbonyl (C=O) groups is 1. The zero-order valence-corrected chi connectivity index (χ0v) is 20.6. The van der Waals surface area contributed by atoms with Crippen molar-refractivity contribution in [2.75, 3.05) is 57.8 Å². The Morgan fingerprint density at radius 2 is 1.53 bits per heavy atom. The Morgan fingerprint density at radius 3 is 2.12 bits per heavy atom. The molecule has 4 rings (SSSR count). The Bertz CT molecular complexity index is 841. The summed E-state index contributed by atoms with van der Waals surface area (Å²) in [6.45, 7) is 15.1. The molecule has 2 aliphatic heterocycles. The van der Waals surface area contributed by atoms with Crippen LogP contribution in [0.2, 0.25) is 0 Å². The first-order valence-electron chi connectivity index (χ1n) is 12.2. The lowest BCUT2D eigenvalue weighted by Gasteiger charge is -2.36. The van der Waals surface area contributed by atoms with Gasteiger partial charge < -0.3 is 14.7 Å². The van der Waals surface area contributed by atoms with Crippen LogP contribution in [0.4, 0.5) is 5.69 Å². The van der Waals surface area contributed by atoms with Crippen molar-refractivity contribution in [1.29, 1.82) is 0 Å². The van der Waals surface area contributed by atoms with E-state index in [1.807, 2.05) is 25.8 Å². The lowest BCUT2D eigenvalue weighted by molar-refractivity contribution is -0.128. The first-order valence-corrected chi connectivity index (χ1v) is 12.2. The van der Waals surface area contributed by atoms with Gasteiger partial charge in [0.25, 0.3) is 0 Å². The molecule has 2 aromatic carbocycles. The largest absolute Gasteiger partial charge is 0.369 e. The molecule has 1 amide bonds. The average molecular weight is 437 g/mol. The third-order valence-corrected chi connectivity index (χ3v) is 6.56. The van der Waals surface area contributed by atoms with Gasteiger partial charge in [-0.25, -0.2) is 0 Å². The van der Waals surface area contributed by atoms with Gasteiger partial charge in [-0.3, -0.25) is 9.69 Å². The molecule has 0 radical (unpaired) electrons. The lowest BCUT2D eigenvalue weighted by atomic mass is 10.1. The van der Waals surface area contributed by atoms with Crippen LogP contribution in [0.15, 0.2) is 48.5 Å². The number of anilines is 1. The second-order valence-corrected chi connectivity index (χ2v) is 8.62. The minimum Gasteiger partial charge on any atom is -0.369 e. The third-order valence-electron chi connectivity index (χ3n) is 6.56. The van der Waals surface area contributed by atoms with Gasteiger partial charge in [-0.2, -0.15) is 0 Å². The molecule has 1 unspecified atom stereocenters. The van der Waals surface area contributed by atoms with Crippen molar-refractivity contribution in [2.24, 2.45) is 0 Å². The van der Waals surface area contributed by atoms with Crippen LogP contribution < -0.4 is 4.90 Å². The van der Waals surface area contributed by atoms with Crippen LogP contribution >= 0.6 is 0 Å². The molecule has 2 heterocycles. The van der Waals surface area contributed by atoms with Gasteiger partial charge in [-0.15, -0.1) is 0 Å². The SMILES string of the molecule is CC.CCN1CCN(c2ccc(C3N(C)CC(=O)N3CCc3ccc(C)cc3)cc2)CC1. The number of carbonyl (C=O) groups excluding carboxylic acids is 1. The first-order chi connectivity index (χ1) is 15.5. The van der Waals surface area contributed by atoms with Crippen molar-refractivity contribution < 1.29 is 4.79 Å². The number of likely N-dealkylation sites (N-methyl/N-ethyl adjacent to an activating group) is 2. The Hall–Kier alpha value is -2.37. The molecule has 32 heavy (non-hydrogen) atoms. The maximum absolute atomic E-state index is 12.7. The van der Waals surface area contributed by atoms with Gasteiger partial charge in [0, 0.05) is 38.4 Å². The molecule has 0 aromatic heterocycles. The van der Waals surface area contributed by atoms with Gasteiger partial charge in [0.1, 0.15) is 6.17 Å². The summed E-state index contributed by atoms with van der Waals surface area (Å²) in [5.41, 5.74) is 5.03. The van der Waals surface area contributed by atoms with Crippen molar-refractivity contribution in [1.82, 2.24) is 14.7 Å². The van der Waals surface area contributed by atoms with E-state index >= 15 is 0 Å². The molecule has 2 aliphatic rings. The molecule has 1 atom stereocenters. The van der Waals surface area contributed by atoms with Crippen molar-refractivity contribution >= 4 is 11.6 Å². The van der Waals surface area contributed by atoms with Crippen molar-refractivity contribution in [2.45, 2.75) is 40.3 Å². The molecule has 0 aliphatic carbocycles. The molecule has 0 N–H and O–H groups in total. The molecule has 5 heteroatoms. The number of amides is 1. The standard InChI is InChI=1S/C25H34N4O.C2H6/c1-4-27-15-17-28(18-16-27)23-11-9-22(10-12-23)25-26(3)19-24(30)29(25)14-13-21-7-5-20(2)6-8-21;1-2/h5-12,25H,4,13-19H2,1-3H3;1-2H3. The summed E-state index contributed by atoms with van der Waals surface area (Å²) in [4.78, 5) is 21.8. The van der Waals surface area contributed by atoms with Crippen molar-refractivity contribution in [3.05, 3.63) is 65.2 Å². The summed E-state index contributed by atoms with van der Waals surface area (Å²) in [5, 5.41) is 0. The summed E-state index contributed by atoms with van der Waals surface area (Å²) in [5.74, 6) is 0.217. The molecular formula is C27H40N4O. The molecule has 5 nitrogen and oxygen atoms in total. The van der Waals surface area contributed by atoms with Crippen molar-refractivity contribution in [3.63, 3.8) is 0 Å². The molecule has 0 bridgehead atoms. The Labute approximate surface area is 194 Å². The maximum Gasteiger partial charge on any atom is 0.238 e. The zero-order valence-electron chi connectivity index (χ0n) is 20.6. The zero-order chi connectivity index (χ0) is 23.1. The van der Waals surface area contributed by atoms with E-state index in [1.165, 1.54) is 22.4 Å². The first kappa shape index (κ1) is 24.3. The summed E-state index contributed by atoms with van der Waals surface area (Å²) in [6.07, 6.45) is 0.907. The summed E-state index contributed by atoms with van der Waals surface area (Å²) in [6, 6.07) is 17.5. The topological polar surface area (TPSA) is 30.0 Å². The monoisotopic (exact) mass is 436 g/mol. The van der Waals surface area contributed by atoms with Crippen molar-refractivity contribution in [3.8, 4) is 0 Å². The van der Waals surface area contributed by atoms with Gasteiger partial charge in [-0.1, -0.05) is 62.7 Å². The molecule has 2 saturated heterocycles. The van der Waals surface area contributed by atoms with Crippen LogP contribution in [0.5, 0.6) is 0 Å². The second-order valence-electron chi connectivity index (χ2n) is 8.62. The highest BCUT2D eigenvalue weighted by Gasteiger charge is 2.36. The van der Waals surface area contributed by atoms with E-state index in [4.69, 9.17) is 0 Å². The quantitative estimate of drug-likeness (QED) is 0.680. The third kappa shape index (κ3) is 5.70. The Kier molecular flexibility index (Phi) is 8.71. The van der Waals surface area contributed by atoms with Crippen LogP contribution in [-0.2, 0) is 11.2 Å². The minimum absolute atomic E-state index is 0.0222. The van der Waals surface area contributed by atoms with Crippen LogP contribution in [0, 0.1) is 6.92 Å². The fourth-order valence-corrected chi connectivity index (χ4v) is 4.63. The predicted molar refractivity (Wildman–Crippen MR) is 134 cm³/mol. The van der Waals surface area contributed by atoms with Gasteiger partial charge >= 0.3 is 0 Å². The van der Waals surface area contributed by atoms with Crippen LogP contribution in [0.3, 0.4) is 0 Å². The number of hydrogen-bond acceptors (Lipinski definition) is 4. The average Bonchev–Trinajstić information content (AvgIpc) is 3.12. The molecule has 0 saturated carbocycles. The molecule has 0 spiro atoms. The van der Waals surface area contributed by atoms with Gasteiger partial charge in [0.15, 0.2) is 0 Å². The van der Waals surface area contributed by atoms with E-state index in [-0.39, 0.29) is 12.1 Å². The van der Waals surface area contributed by atoms with Gasteiger partial charge in [-0.05, 0) is 50.2 Å². The van der Waals surface area contributed by atoms with E-state index in [9.17, 15) is 4.79 Å². The summed E-state index contributed by atoms with van der Waals surface area (Å²) < 4.78 is 0. The normalized spacial score (nSPS) is 19.8. The Balaban J connectivity index is 0.00000141. The number of aryl methyl sites for hydroxylation is 1. The van der Waals surface area contributed by atoms with E-state index in [0.29, 0.717) is 6.54 Å². The molecule has 2 fully saturated rings. The van der Waals surface area contributed by atoms with Crippen LogP contribution in [0.1, 0.15) is 43.6 Å². The van der Waals surface area contributed by atoms with Gasteiger partial charge in [0.2, 0.25) is 5.91 Å². The predicted octanol–water partition coefficient (Wildman–Crippen LogP) is 4.18. The summed E-state index contributed by atoms with van der Waals surface area (Å²) in [7, 11) is 2.05. The smallest absolute Gasteiger partial charge is 0.238 e. The highest BCUT2D eigenvalue weighted by Crippen LogP contribution is 2.31. The van der Waals surface area contributed by atoms with E-state index in [2.05, 4.69) is 77.1 Å². The van der Waals surface area contributed by atoms with Crippen LogP contribution in [-0.4, -0.2) is 73.5 Å². The van der Waals surface area contributed by atoms with E-state index in [0.717, 1.165) is 45.7 Å². The molecular weight excluding hydrogens is 396 g/mol. The van der Waals surface area contributed by atoms with Crippen LogP contribution in [0.25, 0.3) is 0 Å². The van der Waals surface area contributed by atoms with E-state index in [1.54, 1.807) is 0 Å². The maximum atomic E-state index is 12.7. The molecule has 174 valence electrons. The highest BCUT2D eigenvalue weighted by atomic mass is 16.2. The fraction of sp³-hybridized carbons (Fsp3) is 0.519. The van der Waals surface area contributed by atoms with Gasteiger partial charge in [0.05, 0.1) is 6.54 Å². The van der Waals surface area contributed by atoms with E-state index < -0.39 is 0 Å². The number of piperazine rings is 1. The number of nitrogens with zero attached hydrogens (tertiary/aromatic N) is 4. The minimum atomic E-state index is 0.0222. The molecule has 2 aromatic rings. The Morgan fingerprint density at radius 1 is 0.906 bits per heavy atom. The highest BCUT2D eigenvalue weighted by molar-refractivity contribution is 5.81. The number of hydrogen-bond donors (Lipinski definition) is 0. The fourth-order valence-electron chi connectivity index (χ4n) is 4.63.